The van der Waals surface area contributed by atoms with Crippen LogP contribution in [0.4, 0.5) is 4.79 Å². The summed E-state index contributed by atoms with van der Waals surface area (Å²) in [4.78, 5) is 23.0. The second-order valence-corrected chi connectivity index (χ2v) is 7.16. The lowest BCUT2D eigenvalue weighted by Gasteiger charge is -2.19. The number of amides is 1. The van der Waals surface area contributed by atoms with Crippen molar-refractivity contribution >= 4 is 23.8 Å². The summed E-state index contributed by atoms with van der Waals surface area (Å²) in [5, 5.41) is 2.68. The molecule has 0 aliphatic heterocycles. The summed E-state index contributed by atoms with van der Waals surface area (Å²) >= 11 is 1.59. The van der Waals surface area contributed by atoms with E-state index in [9.17, 15) is 9.59 Å². The molecule has 128 valence electrons. The Balaban J connectivity index is 2.00. The van der Waals surface area contributed by atoms with Crippen LogP contribution < -0.4 is 5.32 Å². The summed E-state index contributed by atoms with van der Waals surface area (Å²) < 4.78 is 10.3. The first-order chi connectivity index (χ1) is 10.9. The molecule has 1 amide bonds. The molecule has 0 unspecified atom stereocenters. The van der Waals surface area contributed by atoms with E-state index in [2.05, 4.69) is 5.32 Å². The number of hydrogen-bond donors (Lipinski definition) is 1. The van der Waals surface area contributed by atoms with Crippen LogP contribution in [0.15, 0.2) is 30.3 Å². The van der Waals surface area contributed by atoms with Gasteiger partial charge in [-0.3, -0.25) is 4.79 Å². The Kier molecular flexibility index (Phi) is 8.55. The van der Waals surface area contributed by atoms with Crippen LogP contribution in [0.5, 0.6) is 0 Å². The van der Waals surface area contributed by atoms with Gasteiger partial charge in [-0.2, -0.15) is 11.8 Å². The molecule has 0 heterocycles. The first-order valence-corrected chi connectivity index (χ1v) is 8.76. The third-order valence-electron chi connectivity index (χ3n) is 2.60. The summed E-state index contributed by atoms with van der Waals surface area (Å²) in [5.74, 6) is 1.21. The number of thioether (sulfide) groups is 1. The predicted octanol–water partition coefficient (Wildman–Crippen LogP) is 3.38. The maximum Gasteiger partial charge on any atom is 0.407 e. The fourth-order valence-corrected chi connectivity index (χ4v) is 2.41. The van der Waals surface area contributed by atoms with E-state index in [0.29, 0.717) is 18.7 Å². The van der Waals surface area contributed by atoms with Crippen molar-refractivity contribution in [3.63, 3.8) is 0 Å². The molecule has 5 nitrogen and oxygen atoms in total. The number of ether oxygens (including phenoxy) is 2. The summed E-state index contributed by atoms with van der Waals surface area (Å²) in [5.41, 5.74) is 0.514. The third kappa shape index (κ3) is 10.6. The first kappa shape index (κ1) is 19.4. The highest BCUT2D eigenvalue weighted by atomic mass is 32.2. The lowest BCUT2D eigenvalue weighted by Crippen LogP contribution is -2.26. The number of carbonyl (C=O) groups is 2. The van der Waals surface area contributed by atoms with Crippen LogP contribution in [-0.4, -0.2) is 35.7 Å². The average molecular weight is 339 g/mol. The van der Waals surface area contributed by atoms with E-state index in [-0.39, 0.29) is 12.6 Å². The van der Waals surface area contributed by atoms with Crippen molar-refractivity contribution in [3.05, 3.63) is 35.9 Å². The molecule has 23 heavy (non-hydrogen) atoms. The standard InChI is InChI=1S/C17H25NO4S/c1-17(2,3)22-15(19)9-11-23-12-10-18-16(20)21-13-14-7-5-4-6-8-14/h4-8H,9-13H2,1-3H3,(H,18,20). The lowest BCUT2D eigenvalue weighted by atomic mass is 10.2. The van der Waals surface area contributed by atoms with E-state index in [4.69, 9.17) is 9.47 Å². The second-order valence-electron chi connectivity index (χ2n) is 5.94. The van der Waals surface area contributed by atoms with Gasteiger partial charge in [-0.15, -0.1) is 0 Å². The molecule has 6 heteroatoms. The van der Waals surface area contributed by atoms with Gasteiger partial charge in [-0.1, -0.05) is 30.3 Å². The lowest BCUT2D eigenvalue weighted by molar-refractivity contribution is -0.154. The van der Waals surface area contributed by atoms with Gasteiger partial charge in [0.1, 0.15) is 12.2 Å². The van der Waals surface area contributed by atoms with Crippen LogP contribution in [0.1, 0.15) is 32.8 Å². The fourth-order valence-electron chi connectivity index (χ4n) is 1.65. The number of rotatable bonds is 8. The zero-order valence-corrected chi connectivity index (χ0v) is 14.8. The number of carbonyl (C=O) groups excluding carboxylic acids is 2. The smallest absolute Gasteiger partial charge is 0.407 e. The Morgan fingerprint density at radius 2 is 1.83 bits per heavy atom. The second kappa shape index (κ2) is 10.2. The van der Waals surface area contributed by atoms with E-state index in [0.717, 1.165) is 11.3 Å². The molecule has 0 aromatic heterocycles. The molecule has 1 rings (SSSR count). The normalized spacial score (nSPS) is 10.9. The Morgan fingerprint density at radius 1 is 1.13 bits per heavy atom. The van der Waals surface area contributed by atoms with Gasteiger partial charge in [-0.25, -0.2) is 4.79 Å². The van der Waals surface area contributed by atoms with Crippen molar-refractivity contribution in [2.75, 3.05) is 18.1 Å². The summed E-state index contributed by atoms with van der Waals surface area (Å²) in [6.07, 6.45) is -0.0537. The van der Waals surface area contributed by atoms with Crippen LogP contribution in [0.3, 0.4) is 0 Å². The molecule has 0 aliphatic carbocycles. The van der Waals surface area contributed by atoms with E-state index in [1.165, 1.54) is 0 Å². The van der Waals surface area contributed by atoms with Gasteiger partial charge in [0.2, 0.25) is 0 Å². The zero-order chi connectivity index (χ0) is 17.1. The molecule has 1 aromatic rings. The molecular weight excluding hydrogens is 314 g/mol. The number of nitrogens with one attached hydrogen (secondary N) is 1. The van der Waals surface area contributed by atoms with Crippen LogP contribution >= 0.6 is 11.8 Å². The predicted molar refractivity (Wildman–Crippen MR) is 92.4 cm³/mol. The molecule has 0 fully saturated rings. The van der Waals surface area contributed by atoms with Crippen LogP contribution in [-0.2, 0) is 20.9 Å². The molecule has 0 atom stereocenters. The minimum atomic E-state index is -0.439. The van der Waals surface area contributed by atoms with Crippen molar-refractivity contribution < 1.29 is 19.1 Å². The minimum absolute atomic E-state index is 0.194. The van der Waals surface area contributed by atoms with Gasteiger partial charge in [0.25, 0.3) is 0 Å². The number of benzene rings is 1. The fraction of sp³-hybridized carbons (Fsp3) is 0.529. The Labute approximate surface area is 142 Å². The van der Waals surface area contributed by atoms with E-state index >= 15 is 0 Å². The van der Waals surface area contributed by atoms with Crippen molar-refractivity contribution in [1.82, 2.24) is 5.32 Å². The molecule has 0 saturated heterocycles. The molecule has 1 N–H and O–H groups in total. The van der Waals surface area contributed by atoms with E-state index in [1.54, 1.807) is 11.8 Å². The van der Waals surface area contributed by atoms with Crippen molar-refractivity contribution in [3.8, 4) is 0 Å². The molecule has 0 saturated carbocycles. The summed E-state index contributed by atoms with van der Waals surface area (Å²) in [6.45, 7) is 6.32. The maximum atomic E-state index is 11.5. The van der Waals surface area contributed by atoms with E-state index in [1.807, 2.05) is 51.1 Å². The molecule has 1 aromatic carbocycles. The highest BCUT2D eigenvalue weighted by molar-refractivity contribution is 7.99. The average Bonchev–Trinajstić information content (AvgIpc) is 2.48. The summed E-state index contributed by atoms with van der Waals surface area (Å²) in [7, 11) is 0. The highest BCUT2D eigenvalue weighted by Gasteiger charge is 2.15. The number of alkyl carbamates (subject to hydrolysis) is 1. The largest absolute Gasteiger partial charge is 0.460 e. The minimum Gasteiger partial charge on any atom is -0.460 e. The van der Waals surface area contributed by atoms with Gasteiger partial charge >= 0.3 is 12.1 Å². The highest BCUT2D eigenvalue weighted by Crippen LogP contribution is 2.10. The van der Waals surface area contributed by atoms with Crippen molar-refractivity contribution in [2.24, 2.45) is 0 Å². The van der Waals surface area contributed by atoms with E-state index < -0.39 is 11.7 Å². The van der Waals surface area contributed by atoms with Gasteiger partial charge in [0.05, 0.1) is 6.42 Å². The zero-order valence-electron chi connectivity index (χ0n) is 14.0. The molecular formula is C17H25NO4S. The van der Waals surface area contributed by atoms with Gasteiger partial charge < -0.3 is 14.8 Å². The monoisotopic (exact) mass is 339 g/mol. The quantitative estimate of drug-likeness (QED) is 0.581. The van der Waals surface area contributed by atoms with Crippen LogP contribution in [0, 0.1) is 0 Å². The maximum absolute atomic E-state index is 11.5. The van der Waals surface area contributed by atoms with Crippen LogP contribution in [0.25, 0.3) is 0 Å². The summed E-state index contributed by atoms with van der Waals surface area (Å²) in [6, 6.07) is 9.52. The Bertz CT molecular complexity index is 485. The Morgan fingerprint density at radius 3 is 2.48 bits per heavy atom. The van der Waals surface area contributed by atoms with Gasteiger partial charge in [0, 0.05) is 18.1 Å². The Hall–Kier alpha value is -1.69. The number of esters is 1. The molecule has 0 radical (unpaired) electrons. The topological polar surface area (TPSA) is 64.6 Å². The number of hydrogen-bond acceptors (Lipinski definition) is 5. The van der Waals surface area contributed by atoms with Crippen LogP contribution in [0.2, 0.25) is 0 Å². The van der Waals surface area contributed by atoms with Crippen molar-refractivity contribution in [2.45, 2.75) is 39.4 Å². The third-order valence-corrected chi connectivity index (χ3v) is 3.58. The SMILES string of the molecule is CC(C)(C)OC(=O)CCSCCNC(=O)OCc1ccccc1. The van der Waals surface area contributed by atoms with Gasteiger partial charge in [0.15, 0.2) is 0 Å². The first-order valence-electron chi connectivity index (χ1n) is 7.61. The molecule has 0 bridgehead atoms. The van der Waals surface area contributed by atoms with Gasteiger partial charge in [-0.05, 0) is 26.3 Å². The molecule has 0 spiro atoms. The van der Waals surface area contributed by atoms with Crippen molar-refractivity contribution in [1.29, 1.82) is 0 Å². The molecule has 0 aliphatic rings.